The zero-order chi connectivity index (χ0) is 18.8. The Balaban J connectivity index is 2.17. The summed E-state index contributed by atoms with van der Waals surface area (Å²) in [5.74, 6) is -2.14. The SMILES string of the molecule is CC(C)CC(=O)C1=C(O)C(=O)N(c2ccccc2)C1c1ccccc1F. The van der Waals surface area contributed by atoms with Crippen molar-refractivity contribution in [2.24, 2.45) is 5.92 Å². The van der Waals surface area contributed by atoms with Crippen molar-refractivity contribution < 1.29 is 19.1 Å². The lowest BCUT2D eigenvalue weighted by atomic mass is 9.91. The first-order valence-corrected chi connectivity index (χ1v) is 8.51. The lowest BCUT2D eigenvalue weighted by molar-refractivity contribution is -0.118. The number of benzene rings is 2. The van der Waals surface area contributed by atoms with Gasteiger partial charge in [-0.15, -0.1) is 0 Å². The number of nitrogens with zero attached hydrogens (tertiary/aromatic N) is 1. The number of Topliss-reactive ketones (excluding diaryl/α,β-unsaturated/α-hetero) is 1. The summed E-state index contributed by atoms with van der Waals surface area (Å²) < 4.78 is 14.5. The quantitative estimate of drug-likeness (QED) is 0.870. The molecule has 3 rings (SSSR count). The molecule has 0 aromatic heterocycles. The monoisotopic (exact) mass is 353 g/mol. The third kappa shape index (κ3) is 3.12. The molecule has 0 aliphatic carbocycles. The highest BCUT2D eigenvalue weighted by Gasteiger charge is 2.45. The summed E-state index contributed by atoms with van der Waals surface area (Å²) in [5.41, 5.74) is 0.628. The van der Waals surface area contributed by atoms with Crippen molar-refractivity contribution in [2.75, 3.05) is 4.90 Å². The molecule has 0 fully saturated rings. The number of carbonyl (C=O) groups is 2. The highest BCUT2D eigenvalue weighted by Crippen LogP contribution is 2.42. The molecule has 1 amide bonds. The second-order valence-corrected chi connectivity index (χ2v) is 6.72. The maximum atomic E-state index is 14.5. The second-order valence-electron chi connectivity index (χ2n) is 6.72. The van der Waals surface area contributed by atoms with Crippen LogP contribution in [-0.4, -0.2) is 16.8 Å². The Hall–Kier alpha value is -2.95. The number of anilines is 1. The molecule has 134 valence electrons. The number of hydrogen-bond acceptors (Lipinski definition) is 3. The van der Waals surface area contributed by atoms with E-state index in [2.05, 4.69) is 0 Å². The molecule has 1 unspecified atom stereocenters. The predicted octanol–water partition coefficient (Wildman–Crippen LogP) is 4.34. The minimum absolute atomic E-state index is 0.0438. The van der Waals surface area contributed by atoms with Gasteiger partial charge in [0.05, 0.1) is 11.6 Å². The molecular weight excluding hydrogens is 333 g/mol. The van der Waals surface area contributed by atoms with Gasteiger partial charge in [0.15, 0.2) is 11.5 Å². The van der Waals surface area contributed by atoms with Crippen LogP contribution in [0.4, 0.5) is 10.1 Å². The summed E-state index contributed by atoms with van der Waals surface area (Å²) >= 11 is 0. The van der Waals surface area contributed by atoms with Gasteiger partial charge in [0.2, 0.25) is 0 Å². The fraction of sp³-hybridized carbons (Fsp3) is 0.238. The first kappa shape index (κ1) is 17.9. The number of aliphatic hydroxyl groups is 1. The van der Waals surface area contributed by atoms with Crippen molar-refractivity contribution in [3.05, 3.63) is 77.3 Å². The van der Waals surface area contributed by atoms with E-state index in [9.17, 15) is 19.1 Å². The van der Waals surface area contributed by atoms with Crippen LogP contribution >= 0.6 is 0 Å². The topological polar surface area (TPSA) is 57.6 Å². The summed E-state index contributed by atoms with van der Waals surface area (Å²) in [6.45, 7) is 3.75. The Labute approximate surface area is 151 Å². The second kappa shape index (κ2) is 7.12. The lowest BCUT2D eigenvalue weighted by Gasteiger charge is -2.27. The molecule has 0 radical (unpaired) electrons. The van der Waals surface area contributed by atoms with Gasteiger partial charge in [-0.05, 0) is 24.1 Å². The van der Waals surface area contributed by atoms with Crippen molar-refractivity contribution >= 4 is 17.4 Å². The summed E-state index contributed by atoms with van der Waals surface area (Å²) in [7, 11) is 0. The third-order valence-electron chi connectivity index (χ3n) is 4.34. The molecule has 26 heavy (non-hydrogen) atoms. The molecule has 1 aliphatic rings. The van der Waals surface area contributed by atoms with E-state index in [1.54, 1.807) is 42.5 Å². The van der Waals surface area contributed by atoms with Crippen LogP contribution in [0.15, 0.2) is 65.9 Å². The largest absolute Gasteiger partial charge is 0.503 e. The zero-order valence-electron chi connectivity index (χ0n) is 14.6. The Morgan fingerprint density at radius 2 is 1.73 bits per heavy atom. The van der Waals surface area contributed by atoms with Crippen molar-refractivity contribution in [3.8, 4) is 0 Å². The average Bonchev–Trinajstić information content (AvgIpc) is 2.87. The van der Waals surface area contributed by atoms with Crippen LogP contribution < -0.4 is 4.90 Å². The highest BCUT2D eigenvalue weighted by molar-refractivity contribution is 6.16. The molecule has 2 aromatic rings. The fourth-order valence-corrected chi connectivity index (χ4v) is 3.22. The van der Waals surface area contributed by atoms with E-state index in [-0.39, 0.29) is 29.3 Å². The van der Waals surface area contributed by atoms with Gasteiger partial charge in [0.1, 0.15) is 5.82 Å². The number of aliphatic hydroxyl groups excluding tert-OH is 1. The number of ketones is 1. The fourth-order valence-electron chi connectivity index (χ4n) is 3.22. The van der Waals surface area contributed by atoms with Gasteiger partial charge >= 0.3 is 0 Å². The highest BCUT2D eigenvalue weighted by atomic mass is 19.1. The van der Waals surface area contributed by atoms with E-state index < -0.39 is 23.5 Å². The number of para-hydroxylation sites is 1. The van der Waals surface area contributed by atoms with Crippen LogP contribution in [0.25, 0.3) is 0 Å². The normalized spacial score (nSPS) is 17.3. The Morgan fingerprint density at radius 1 is 1.12 bits per heavy atom. The number of carbonyl (C=O) groups excluding carboxylic acids is 2. The molecule has 0 saturated carbocycles. The van der Waals surface area contributed by atoms with Crippen LogP contribution in [0.1, 0.15) is 31.9 Å². The van der Waals surface area contributed by atoms with E-state index in [1.807, 2.05) is 13.8 Å². The third-order valence-corrected chi connectivity index (χ3v) is 4.34. The molecular formula is C21H20FNO3. The van der Waals surface area contributed by atoms with Gasteiger partial charge in [-0.2, -0.15) is 0 Å². The summed E-state index contributed by atoms with van der Waals surface area (Å²) in [6, 6.07) is 13.7. The maximum absolute atomic E-state index is 14.5. The molecule has 1 N–H and O–H groups in total. The van der Waals surface area contributed by atoms with Gasteiger partial charge in [-0.25, -0.2) is 4.39 Å². The smallest absolute Gasteiger partial charge is 0.294 e. The van der Waals surface area contributed by atoms with Crippen LogP contribution in [0.2, 0.25) is 0 Å². The number of hydrogen-bond donors (Lipinski definition) is 1. The molecule has 1 heterocycles. The average molecular weight is 353 g/mol. The Bertz CT molecular complexity index is 874. The van der Waals surface area contributed by atoms with Crippen LogP contribution in [0.5, 0.6) is 0 Å². The van der Waals surface area contributed by atoms with E-state index in [0.29, 0.717) is 5.69 Å². The van der Waals surface area contributed by atoms with Crippen LogP contribution in [0.3, 0.4) is 0 Å². The van der Waals surface area contributed by atoms with E-state index in [4.69, 9.17) is 0 Å². The molecule has 2 aromatic carbocycles. The van der Waals surface area contributed by atoms with Gasteiger partial charge < -0.3 is 5.11 Å². The number of amides is 1. The van der Waals surface area contributed by atoms with Crippen molar-refractivity contribution in [1.82, 2.24) is 0 Å². The molecule has 1 aliphatic heterocycles. The van der Waals surface area contributed by atoms with E-state index in [0.717, 1.165) is 0 Å². The maximum Gasteiger partial charge on any atom is 0.294 e. The van der Waals surface area contributed by atoms with Crippen molar-refractivity contribution in [3.63, 3.8) is 0 Å². The minimum Gasteiger partial charge on any atom is -0.503 e. The zero-order valence-corrected chi connectivity index (χ0v) is 14.6. The van der Waals surface area contributed by atoms with E-state index >= 15 is 0 Å². The van der Waals surface area contributed by atoms with Gasteiger partial charge in [0, 0.05) is 17.7 Å². The Morgan fingerprint density at radius 3 is 2.35 bits per heavy atom. The van der Waals surface area contributed by atoms with Gasteiger partial charge in [-0.1, -0.05) is 50.2 Å². The van der Waals surface area contributed by atoms with E-state index in [1.165, 1.54) is 17.0 Å². The van der Waals surface area contributed by atoms with Crippen molar-refractivity contribution in [1.29, 1.82) is 0 Å². The van der Waals surface area contributed by atoms with Crippen LogP contribution in [-0.2, 0) is 9.59 Å². The molecule has 0 spiro atoms. The number of halogens is 1. The Kier molecular flexibility index (Phi) is 4.89. The minimum atomic E-state index is -0.989. The lowest BCUT2D eigenvalue weighted by Crippen LogP contribution is -2.31. The molecule has 0 bridgehead atoms. The standard InChI is InChI=1S/C21H20FNO3/c1-13(2)12-17(24)18-19(15-10-6-7-11-16(15)22)23(21(26)20(18)25)14-8-4-3-5-9-14/h3-11,13,19,25H,12H2,1-2H3. The predicted molar refractivity (Wildman–Crippen MR) is 97.2 cm³/mol. The van der Waals surface area contributed by atoms with Gasteiger partial charge in [0.25, 0.3) is 5.91 Å². The molecule has 1 atom stereocenters. The number of rotatable bonds is 5. The van der Waals surface area contributed by atoms with Crippen LogP contribution in [0, 0.1) is 11.7 Å². The summed E-state index contributed by atoms with van der Waals surface area (Å²) in [4.78, 5) is 26.8. The molecule has 0 saturated heterocycles. The molecule has 5 heteroatoms. The van der Waals surface area contributed by atoms with Crippen molar-refractivity contribution in [2.45, 2.75) is 26.3 Å². The summed E-state index contributed by atoms with van der Waals surface area (Å²) in [6.07, 6.45) is 0.167. The first-order chi connectivity index (χ1) is 12.4. The van der Waals surface area contributed by atoms with Gasteiger partial charge in [-0.3, -0.25) is 14.5 Å². The molecule has 4 nitrogen and oxygen atoms in total. The first-order valence-electron chi connectivity index (χ1n) is 8.51. The summed E-state index contributed by atoms with van der Waals surface area (Å²) in [5, 5.41) is 10.4.